The summed E-state index contributed by atoms with van der Waals surface area (Å²) < 4.78 is 63.3. The van der Waals surface area contributed by atoms with Gasteiger partial charge < -0.3 is 4.74 Å². The third-order valence-electron chi connectivity index (χ3n) is 6.46. The molecule has 0 radical (unpaired) electrons. The van der Waals surface area contributed by atoms with Crippen molar-refractivity contribution in [2.75, 3.05) is 6.61 Å². The predicted molar refractivity (Wildman–Crippen MR) is 155 cm³/mol. The molecule has 38 heavy (non-hydrogen) atoms. The Morgan fingerprint density at radius 1 is 0.868 bits per heavy atom. The van der Waals surface area contributed by atoms with Gasteiger partial charge in [0.15, 0.2) is 23.2 Å². The van der Waals surface area contributed by atoms with Gasteiger partial charge >= 0.3 is 0 Å². The summed E-state index contributed by atoms with van der Waals surface area (Å²) in [5.41, 5.74) is -0.628. The van der Waals surface area contributed by atoms with Crippen LogP contribution in [0.2, 0.25) is 0 Å². The second kappa shape index (κ2) is 15.8. The maximum atomic E-state index is 15.0. The fraction of sp³-hybridized carbons (Fsp3) is 0.333. The zero-order chi connectivity index (χ0) is 28.4. The highest BCUT2D eigenvalue weighted by Gasteiger charge is 2.26. The van der Waals surface area contributed by atoms with Gasteiger partial charge in [-0.2, -0.15) is 4.39 Å². The molecule has 208 valence electrons. The first-order valence-electron chi connectivity index (χ1n) is 12.1. The fourth-order valence-corrected chi connectivity index (χ4v) is 3.88. The Bertz CT molecular complexity index is 1100. The number of hydrogen-bond donors (Lipinski definition) is 0. The van der Waals surface area contributed by atoms with Crippen LogP contribution in [0.1, 0.15) is 41.0 Å². The van der Waals surface area contributed by atoms with Crippen LogP contribution in [0.25, 0.3) is 0 Å². The van der Waals surface area contributed by atoms with Crippen LogP contribution in [0.15, 0.2) is 133 Å². The van der Waals surface area contributed by atoms with Crippen molar-refractivity contribution in [3.8, 4) is 0 Å². The van der Waals surface area contributed by atoms with Gasteiger partial charge in [0.25, 0.3) is 0 Å². The van der Waals surface area contributed by atoms with Gasteiger partial charge in [0.2, 0.25) is 5.83 Å². The van der Waals surface area contributed by atoms with Gasteiger partial charge in [0.1, 0.15) is 6.61 Å². The largest absolute Gasteiger partial charge is 0.487 e. The molecule has 0 N–H and O–H groups in total. The Labute approximate surface area is 227 Å². The molecular weight excluding hydrogens is 488 g/mol. The summed E-state index contributed by atoms with van der Waals surface area (Å²) in [7, 11) is 0. The van der Waals surface area contributed by atoms with Gasteiger partial charge in [-0.25, -0.2) is 13.2 Å². The number of hydrogen-bond acceptors (Lipinski definition) is 1. The second-order valence-corrected chi connectivity index (χ2v) is 9.52. The number of ether oxygens (including phenoxy) is 1. The average Bonchev–Trinajstić information content (AvgIpc) is 2.88. The monoisotopic (exact) mass is 530 g/mol. The summed E-state index contributed by atoms with van der Waals surface area (Å²) in [6.45, 7) is 30.9. The summed E-state index contributed by atoms with van der Waals surface area (Å²) >= 11 is 0. The van der Waals surface area contributed by atoms with Gasteiger partial charge in [-0.3, -0.25) is 0 Å². The Morgan fingerprint density at radius 2 is 1.37 bits per heavy atom. The number of allylic oxidation sites excluding steroid dienone is 13. The van der Waals surface area contributed by atoms with E-state index in [0.29, 0.717) is 18.3 Å². The summed E-state index contributed by atoms with van der Waals surface area (Å²) in [6, 6.07) is 0. The van der Waals surface area contributed by atoms with Crippen molar-refractivity contribution >= 4 is 0 Å². The Balaban J connectivity index is 0.0000137. The van der Waals surface area contributed by atoms with Gasteiger partial charge in [-0.1, -0.05) is 105 Å². The van der Waals surface area contributed by atoms with Crippen LogP contribution in [0.5, 0.6) is 0 Å². The van der Waals surface area contributed by atoms with Crippen LogP contribution in [0.4, 0.5) is 17.6 Å². The smallest absolute Gasteiger partial charge is 0.200 e. The van der Waals surface area contributed by atoms with E-state index in [9.17, 15) is 17.6 Å². The van der Waals surface area contributed by atoms with Crippen molar-refractivity contribution in [3.63, 3.8) is 0 Å². The predicted octanol–water partition coefficient (Wildman–Crippen LogP) is 10.9. The van der Waals surface area contributed by atoms with Crippen LogP contribution in [-0.2, 0) is 4.74 Å². The SMILES string of the molecule is C.C=CCOC(=C)/C(F)=C(/F)C(=C)C(=C)/C=C\C(=C)C(=C)/C(F)=C(/F)C(=C)C(C)CC1C=CC(C)CC1C. The summed E-state index contributed by atoms with van der Waals surface area (Å²) in [6.07, 6.45) is 9.89. The van der Waals surface area contributed by atoms with Crippen LogP contribution < -0.4 is 0 Å². The van der Waals surface area contributed by atoms with Crippen LogP contribution in [0, 0.1) is 23.7 Å². The molecule has 0 spiro atoms. The molecule has 1 aliphatic rings. The number of rotatable bonds is 14. The molecule has 0 aromatic carbocycles. The summed E-state index contributed by atoms with van der Waals surface area (Å²) in [5, 5.41) is 0. The molecule has 4 unspecified atom stereocenters. The van der Waals surface area contributed by atoms with Crippen molar-refractivity contribution in [3.05, 3.63) is 133 Å². The minimum atomic E-state index is -1.33. The van der Waals surface area contributed by atoms with E-state index in [-0.39, 0.29) is 53.7 Å². The van der Waals surface area contributed by atoms with E-state index in [4.69, 9.17) is 4.74 Å². The van der Waals surface area contributed by atoms with Crippen LogP contribution in [0.3, 0.4) is 0 Å². The van der Waals surface area contributed by atoms with Crippen LogP contribution >= 0.6 is 0 Å². The zero-order valence-corrected chi connectivity index (χ0v) is 22.2. The molecule has 5 heteroatoms. The molecule has 0 heterocycles. The summed E-state index contributed by atoms with van der Waals surface area (Å²) in [5.74, 6) is -4.48. The van der Waals surface area contributed by atoms with Crippen molar-refractivity contribution < 1.29 is 22.3 Å². The van der Waals surface area contributed by atoms with Gasteiger partial charge in [0, 0.05) is 11.1 Å². The quantitative estimate of drug-likeness (QED) is 0.0939. The zero-order valence-electron chi connectivity index (χ0n) is 22.2. The summed E-state index contributed by atoms with van der Waals surface area (Å²) in [4.78, 5) is 0. The Kier molecular flexibility index (Phi) is 14.4. The van der Waals surface area contributed by atoms with E-state index in [1.807, 2.05) is 6.92 Å². The first-order valence-corrected chi connectivity index (χ1v) is 12.1. The normalized spacial score (nSPS) is 20.9. The maximum Gasteiger partial charge on any atom is 0.200 e. The van der Waals surface area contributed by atoms with Gasteiger partial charge in [-0.05, 0) is 53.2 Å². The molecule has 1 aliphatic carbocycles. The van der Waals surface area contributed by atoms with E-state index >= 15 is 0 Å². The molecule has 0 amide bonds. The molecule has 4 atom stereocenters. The van der Waals surface area contributed by atoms with E-state index in [1.165, 1.54) is 18.2 Å². The minimum absolute atomic E-state index is 0. The molecular formula is C33H42F4O. The molecule has 1 rings (SSSR count). The van der Waals surface area contributed by atoms with Gasteiger partial charge in [0.05, 0.1) is 0 Å². The Morgan fingerprint density at radius 3 is 1.84 bits per heavy atom. The highest BCUT2D eigenvalue weighted by molar-refractivity contribution is 5.54. The van der Waals surface area contributed by atoms with Crippen molar-refractivity contribution in [2.45, 2.75) is 41.0 Å². The highest BCUT2D eigenvalue weighted by Crippen LogP contribution is 2.37. The van der Waals surface area contributed by atoms with E-state index in [1.54, 1.807) is 0 Å². The van der Waals surface area contributed by atoms with Crippen molar-refractivity contribution in [1.82, 2.24) is 0 Å². The molecule has 0 aliphatic heterocycles. The first-order chi connectivity index (χ1) is 17.2. The molecule has 0 saturated carbocycles. The van der Waals surface area contributed by atoms with E-state index < -0.39 is 29.1 Å². The molecule has 0 bridgehead atoms. The lowest BCUT2D eigenvalue weighted by Gasteiger charge is -2.30. The molecule has 0 aromatic rings. The Hall–Kier alpha value is -3.34. The maximum absolute atomic E-state index is 15.0. The number of halogens is 4. The third kappa shape index (κ3) is 9.51. The standard InChI is InChI=1S/C32H38F4O.CH4/c1-11-16-37-27(10)32(36)31(35)25(8)21(4)14-13-20(3)24(7)29(33)30(34)26(9)22(5)18-28-15-12-19(2)17-23(28)6;/h11-15,19,22-23,28H,1,3-4,7-10,16-18H2,2,5-6H3;1H4/b14-13-,30-29-,32-31-;. The topological polar surface area (TPSA) is 9.23 Å². The van der Waals surface area contributed by atoms with E-state index in [0.717, 1.165) is 6.42 Å². The lowest BCUT2D eigenvalue weighted by atomic mass is 9.76. The fourth-order valence-electron chi connectivity index (χ4n) is 3.88. The van der Waals surface area contributed by atoms with Gasteiger partial charge in [-0.15, -0.1) is 0 Å². The van der Waals surface area contributed by atoms with Crippen molar-refractivity contribution in [1.29, 1.82) is 0 Å². The third-order valence-corrected chi connectivity index (χ3v) is 6.46. The first kappa shape index (κ1) is 34.7. The lowest BCUT2D eigenvalue weighted by molar-refractivity contribution is 0.241. The molecule has 0 saturated heterocycles. The second-order valence-electron chi connectivity index (χ2n) is 9.52. The van der Waals surface area contributed by atoms with Crippen LogP contribution in [-0.4, -0.2) is 6.61 Å². The molecule has 0 aromatic heterocycles. The molecule has 0 fully saturated rings. The minimum Gasteiger partial charge on any atom is -0.487 e. The molecule has 1 nitrogen and oxygen atoms in total. The van der Waals surface area contributed by atoms with Crippen molar-refractivity contribution in [2.24, 2.45) is 23.7 Å². The lowest BCUT2D eigenvalue weighted by Crippen LogP contribution is -2.19. The average molecular weight is 531 g/mol. The van der Waals surface area contributed by atoms with E-state index in [2.05, 4.69) is 72.1 Å². The highest BCUT2D eigenvalue weighted by atomic mass is 19.2.